The fraction of sp³-hybridized carbons (Fsp3) is 0.125. The Morgan fingerprint density at radius 3 is 2.34 bits per heavy atom. The first-order valence-electron chi connectivity index (χ1n) is 9.16. The van der Waals surface area contributed by atoms with Crippen molar-refractivity contribution >= 4 is 17.7 Å². The van der Waals surface area contributed by atoms with Crippen LogP contribution in [0.2, 0.25) is 5.02 Å². The maximum Gasteiger partial charge on any atom is 0.407 e. The van der Waals surface area contributed by atoms with Crippen LogP contribution in [0.25, 0.3) is 11.1 Å². The van der Waals surface area contributed by atoms with Crippen molar-refractivity contribution < 1.29 is 13.9 Å². The van der Waals surface area contributed by atoms with Gasteiger partial charge in [-0.15, -0.1) is 0 Å². The molecule has 0 aliphatic heterocycles. The Balaban J connectivity index is 1.35. The van der Waals surface area contributed by atoms with Crippen LogP contribution in [0.4, 0.5) is 9.18 Å². The van der Waals surface area contributed by atoms with Crippen molar-refractivity contribution in [1.82, 2.24) is 5.32 Å². The number of ether oxygens (including phenoxy) is 1. The summed E-state index contributed by atoms with van der Waals surface area (Å²) in [6, 6.07) is 20.5. The molecule has 0 saturated carbocycles. The van der Waals surface area contributed by atoms with Gasteiger partial charge in [0, 0.05) is 10.9 Å². The van der Waals surface area contributed by atoms with Gasteiger partial charge in [0.25, 0.3) is 0 Å². The molecule has 144 valence electrons. The Morgan fingerprint density at radius 1 is 1.03 bits per heavy atom. The largest absolute Gasteiger partial charge is 0.449 e. The van der Waals surface area contributed by atoms with Gasteiger partial charge in [0.2, 0.25) is 0 Å². The second-order valence-electron chi connectivity index (χ2n) is 6.61. The molecule has 0 aromatic heterocycles. The molecule has 4 rings (SSSR count). The van der Waals surface area contributed by atoms with E-state index in [1.54, 1.807) is 6.07 Å². The first-order chi connectivity index (χ1) is 14.1. The van der Waals surface area contributed by atoms with Gasteiger partial charge < -0.3 is 10.1 Å². The van der Waals surface area contributed by atoms with Crippen molar-refractivity contribution in [2.75, 3.05) is 13.2 Å². The summed E-state index contributed by atoms with van der Waals surface area (Å²) in [5.74, 6) is 4.88. The summed E-state index contributed by atoms with van der Waals surface area (Å²) in [4.78, 5) is 12.1. The number of halogens is 2. The molecule has 1 aliphatic rings. The molecule has 1 N–H and O–H groups in total. The van der Waals surface area contributed by atoms with Crippen LogP contribution < -0.4 is 5.32 Å². The Kier molecular flexibility index (Phi) is 5.50. The van der Waals surface area contributed by atoms with Crippen LogP contribution >= 0.6 is 11.6 Å². The number of carbonyl (C=O) groups is 1. The standard InChI is InChI=1S/C24H17ClFNO2/c25-17-12-11-16(23(26)14-17)6-5-13-27-24(28)29-15-22-20-9-3-1-7-18(20)19-8-2-4-10-21(19)22/h1-4,7-12,14,22H,13,15H2,(H,27,28). The van der Waals surface area contributed by atoms with E-state index < -0.39 is 11.9 Å². The number of amides is 1. The molecule has 3 aromatic carbocycles. The van der Waals surface area contributed by atoms with Gasteiger partial charge >= 0.3 is 6.09 Å². The fourth-order valence-corrected chi connectivity index (χ4v) is 3.65. The van der Waals surface area contributed by atoms with Crippen molar-refractivity contribution in [3.8, 4) is 23.0 Å². The molecule has 0 unspecified atom stereocenters. The quantitative estimate of drug-likeness (QED) is 0.595. The van der Waals surface area contributed by atoms with E-state index in [4.69, 9.17) is 16.3 Å². The molecular formula is C24H17ClFNO2. The van der Waals surface area contributed by atoms with Crippen LogP contribution in [0, 0.1) is 17.7 Å². The third-order valence-corrected chi connectivity index (χ3v) is 5.05. The van der Waals surface area contributed by atoms with Crippen LogP contribution in [-0.4, -0.2) is 19.2 Å². The third-order valence-electron chi connectivity index (χ3n) is 4.82. The minimum absolute atomic E-state index is 0.00222. The summed E-state index contributed by atoms with van der Waals surface area (Å²) in [6.45, 7) is 0.290. The normalized spacial score (nSPS) is 11.8. The van der Waals surface area contributed by atoms with E-state index in [1.807, 2.05) is 24.3 Å². The third kappa shape index (κ3) is 4.11. The van der Waals surface area contributed by atoms with Crippen LogP contribution in [-0.2, 0) is 4.74 Å². The predicted octanol–water partition coefficient (Wildman–Crippen LogP) is 5.37. The number of carbonyl (C=O) groups excluding carboxylic acids is 1. The molecule has 29 heavy (non-hydrogen) atoms. The SMILES string of the molecule is O=C(NCC#Cc1ccc(Cl)cc1F)OCC1c2ccccc2-c2ccccc21. The molecule has 0 spiro atoms. The fourth-order valence-electron chi connectivity index (χ4n) is 3.50. The predicted molar refractivity (Wildman–Crippen MR) is 111 cm³/mol. The van der Waals surface area contributed by atoms with Crippen molar-refractivity contribution in [3.63, 3.8) is 0 Å². The molecule has 3 aromatic rings. The Hall–Kier alpha value is -3.29. The first-order valence-corrected chi connectivity index (χ1v) is 9.54. The zero-order valence-corrected chi connectivity index (χ0v) is 16.2. The molecule has 3 nitrogen and oxygen atoms in total. The lowest BCUT2D eigenvalue weighted by Crippen LogP contribution is -2.26. The summed E-state index contributed by atoms with van der Waals surface area (Å²) in [5.41, 5.74) is 4.88. The number of hydrogen-bond donors (Lipinski definition) is 1. The van der Waals surface area contributed by atoms with E-state index >= 15 is 0 Å². The monoisotopic (exact) mass is 405 g/mol. The Morgan fingerprint density at radius 2 is 1.69 bits per heavy atom. The highest BCUT2D eigenvalue weighted by Gasteiger charge is 2.28. The van der Waals surface area contributed by atoms with E-state index in [2.05, 4.69) is 41.4 Å². The molecular weight excluding hydrogens is 389 g/mol. The molecule has 0 bridgehead atoms. The van der Waals surface area contributed by atoms with Gasteiger partial charge in [-0.3, -0.25) is 0 Å². The highest BCUT2D eigenvalue weighted by molar-refractivity contribution is 6.30. The summed E-state index contributed by atoms with van der Waals surface area (Å²) < 4.78 is 19.1. The second-order valence-corrected chi connectivity index (χ2v) is 7.04. The molecule has 0 radical (unpaired) electrons. The average molecular weight is 406 g/mol. The summed E-state index contributed by atoms with van der Waals surface area (Å²) in [5, 5.41) is 2.88. The Bertz CT molecular complexity index is 1090. The Labute approximate surface area is 173 Å². The number of hydrogen-bond acceptors (Lipinski definition) is 2. The van der Waals surface area contributed by atoms with Crippen LogP contribution in [0.3, 0.4) is 0 Å². The van der Waals surface area contributed by atoms with Crippen LogP contribution in [0.5, 0.6) is 0 Å². The summed E-state index contributed by atoms with van der Waals surface area (Å²) >= 11 is 5.71. The average Bonchev–Trinajstić information content (AvgIpc) is 3.05. The van der Waals surface area contributed by atoms with E-state index in [0.29, 0.717) is 5.02 Å². The molecule has 0 saturated heterocycles. The number of alkyl carbamates (subject to hydrolysis) is 1. The summed E-state index contributed by atoms with van der Waals surface area (Å²) in [6.07, 6.45) is -0.558. The van der Waals surface area contributed by atoms with Crippen LogP contribution in [0.15, 0.2) is 66.7 Å². The number of nitrogens with one attached hydrogen (secondary N) is 1. The lowest BCUT2D eigenvalue weighted by Gasteiger charge is -2.14. The highest BCUT2D eigenvalue weighted by Crippen LogP contribution is 2.44. The van der Waals surface area contributed by atoms with Gasteiger partial charge in [-0.1, -0.05) is 72.0 Å². The lowest BCUT2D eigenvalue weighted by atomic mass is 9.98. The lowest BCUT2D eigenvalue weighted by molar-refractivity contribution is 0.144. The molecule has 5 heteroatoms. The van der Waals surface area contributed by atoms with Gasteiger partial charge in [0.1, 0.15) is 12.4 Å². The number of rotatable bonds is 3. The van der Waals surface area contributed by atoms with Gasteiger partial charge in [0.15, 0.2) is 0 Å². The van der Waals surface area contributed by atoms with Crippen molar-refractivity contribution in [1.29, 1.82) is 0 Å². The van der Waals surface area contributed by atoms with E-state index in [0.717, 1.165) is 11.1 Å². The van der Waals surface area contributed by atoms with Gasteiger partial charge in [-0.2, -0.15) is 0 Å². The molecule has 1 amide bonds. The van der Waals surface area contributed by atoms with Gasteiger partial charge in [0.05, 0.1) is 12.1 Å². The van der Waals surface area contributed by atoms with Gasteiger partial charge in [-0.05, 0) is 40.5 Å². The van der Waals surface area contributed by atoms with E-state index in [9.17, 15) is 9.18 Å². The number of benzene rings is 3. The van der Waals surface area contributed by atoms with Crippen molar-refractivity contribution in [2.45, 2.75) is 5.92 Å². The summed E-state index contributed by atoms with van der Waals surface area (Å²) in [7, 11) is 0. The van der Waals surface area contributed by atoms with Crippen molar-refractivity contribution in [3.05, 3.63) is 94.3 Å². The molecule has 0 fully saturated rings. The van der Waals surface area contributed by atoms with Crippen LogP contribution in [0.1, 0.15) is 22.6 Å². The molecule has 1 aliphatic carbocycles. The minimum Gasteiger partial charge on any atom is -0.449 e. The zero-order chi connectivity index (χ0) is 20.2. The zero-order valence-electron chi connectivity index (χ0n) is 15.4. The first kappa shape index (κ1) is 19.0. The minimum atomic E-state index is -0.558. The second kappa shape index (κ2) is 8.38. The van der Waals surface area contributed by atoms with E-state index in [-0.39, 0.29) is 24.6 Å². The van der Waals surface area contributed by atoms with Gasteiger partial charge in [-0.25, -0.2) is 9.18 Å². The maximum absolute atomic E-state index is 13.7. The van der Waals surface area contributed by atoms with E-state index in [1.165, 1.54) is 23.3 Å². The maximum atomic E-state index is 13.7. The van der Waals surface area contributed by atoms with Crippen molar-refractivity contribution in [2.24, 2.45) is 0 Å². The highest BCUT2D eigenvalue weighted by atomic mass is 35.5. The smallest absolute Gasteiger partial charge is 0.407 e. The number of fused-ring (bicyclic) bond motifs is 3. The topological polar surface area (TPSA) is 38.3 Å². The molecule has 0 heterocycles. The molecule has 0 atom stereocenters.